The molecule has 1 amide bonds. The highest BCUT2D eigenvalue weighted by molar-refractivity contribution is 5.96. The van der Waals surface area contributed by atoms with Crippen LogP contribution >= 0.6 is 0 Å². The third kappa shape index (κ3) is 6.47. The first-order chi connectivity index (χ1) is 13.0. The number of nitrogens with one attached hydrogen (secondary N) is 1. The highest BCUT2D eigenvalue weighted by Crippen LogP contribution is 2.09. The number of rotatable bonds is 8. The van der Waals surface area contributed by atoms with Gasteiger partial charge >= 0.3 is 12.1 Å². The van der Waals surface area contributed by atoms with Crippen molar-refractivity contribution in [2.75, 3.05) is 12.8 Å². The molecule has 0 spiro atoms. The summed E-state index contributed by atoms with van der Waals surface area (Å²) in [6.45, 7) is 0.0307. The maximum absolute atomic E-state index is 12.2. The third-order valence-corrected chi connectivity index (χ3v) is 3.88. The van der Waals surface area contributed by atoms with Crippen LogP contribution in [0.2, 0.25) is 0 Å². The van der Waals surface area contributed by atoms with Gasteiger partial charge in [-0.1, -0.05) is 42.5 Å². The number of hydrogen-bond acceptors (Lipinski definition) is 6. The lowest BCUT2D eigenvalue weighted by atomic mass is 10.0. The van der Waals surface area contributed by atoms with Crippen LogP contribution in [-0.2, 0) is 20.9 Å². The monoisotopic (exact) mass is 370 g/mol. The summed E-state index contributed by atoms with van der Waals surface area (Å²) in [7, 11) is 1.22. The van der Waals surface area contributed by atoms with Gasteiger partial charge in [-0.2, -0.15) is 0 Å². The second-order valence-electron chi connectivity index (χ2n) is 5.87. The molecule has 7 heteroatoms. The predicted octanol–water partition coefficient (Wildman–Crippen LogP) is 2.70. The SMILES string of the molecule is COC(=O)C(CCC(=O)c1ccccc1)NC(=O)OCc1ccc(N)cc1. The Morgan fingerprint density at radius 3 is 2.33 bits per heavy atom. The van der Waals surface area contributed by atoms with Crippen molar-refractivity contribution in [2.45, 2.75) is 25.5 Å². The van der Waals surface area contributed by atoms with E-state index in [1.54, 1.807) is 48.5 Å². The highest BCUT2D eigenvalue weighted by Gasteiger charge is 2.23. The number of hydrogen-bond donors (Lipinski definition) is 2. The molecular weight excluding hydrogens is 348 g/mol. The molecule has 0 aliphatic carbocycles. The summed E-state index contributed by atoms with van der Waals surface area (Å²) in [4.78, 5) is 36.0. The summed E-state index contributed by atoms with van der Waals surface area (Å²) in [5.41, 5.74) is 7.51. The van der Waals surface area contributed by atoms with Crippen molar-refractivity contribution in [3.63, 3.8) is 0 Å². The molecule has 1 atom stereocenters. The van der Waals surface area contributed by atoms with Crippen LogP contribution in [0.5, 0.6) is 0 Å². The largest absolute Gasteiger partial charge is 0.467 e. The normalized spacial score (nSPS) is 11.3. The van der Waals surface area contributed by atoms with Gasteiger partial charge in [0.1, 0.15) is 12.6 Å². The molecule has 0 aliphatic rings. The Morgan fingerprint density at radius 1 is 1.04 bits per heavy atom. The summed E-state index contributed by atoms with van der Waals surface area (Å²) in [5, 5.41) is 2.44. The number of esters is 1. The van der Waals surface area contributed by atoms with Gasteiger partial charge in [0.2, 0.25) is 0 Å². The first kappa shape index (κ1) is 20.0. The predicted molar refractivity (Wildman–Crippen MR) is 100.0 cm³/mol. The first-order valence-electron chi connectivity index (χ1n) is 8.43. The average Bonchev–Trinajstić information content (AvgIpc) is 2.70. The number of nitrogen functional groups attached to an aromatic ring is 1. The lowest BCUT2D eigenvalue weighted by molar-refractivity contribution is -0.143. The van der Waals surface area contributed by atoms with Crippen LogP contribution in [-0.4, -0.2) is 31.0 Å². The lowest BCUT2D eigenvalue weighted by Crippen LogP contribution is -2.42. The van der Waals surface area contributed by atoms with Gasteiger partial charge in [0, 0.05) is 17.7 Å². The van der Waals surface area contributed by atoms with Gasteiger partial charge in [-0.25, -0.2) is 9.59 Å². The number of carbonyl (C=O) groups excluding carboxylic acids is 3. The number of methoxy groups -OCH3 is 1. The quantitative estimate of drug-likeness (QED) is 0.420. The van der Waals surface area contributed by atoms with Crippen molar-refractivity contribution >= 4 is 23.5 Å². The lowest BCUT2D eigenvalue weighted by Gasteiger charge is -2.16. The molecule has 0 saturated heterocycles. The number of ketones is 1. The molecule has 2 rings (SSSR count). The van der Waals surface area contributed by atoms with Crippen LogP contribution in [0, 0.1) is 0 Å². The topological polar surface area (TPSA) is 108 Å². The van der Waals surface area contributed by atoms with E-state index in [0.29, 0.717) is 11.3 Å². The van der Waals surface area contributed by atoms with E-state index in [-0.39, 0.29) is 25.2 Å². The molecule has 3 N–H and O–H groups in total. The maximum atomic E-state index is 12.2. The molecule has 0 aliphatic heterocycles. The number of benzene rings is 2. The number of alkyl carbamates (subject to hydrolysis) is 1. The Labute approximate surface area is 157 Å². The number of carbonyl (C=O) groups is 3. The van der Waals surface area contributed by atoms with E-state index in [9.17, 15) is 14.4 Å². The number of nitrogens with two attached hydrogens (primary N) is 1. The Morgan fingerprint density at radius 2 is 1.70 bits per heavy atom. The second kappa shape index (κ2) is 9.96. The van der Waals surface area contributed by atoms with Crippen LogP contribution in [0.3, 0.4) is 0 Å². The van der Waals surface area contributed by atoms with E-state index in [2.05, 4.69) is 5.32 Å². The number of amides is 1. The molecule has 1 unspecified atom stereocenters. The van der Waals surface area contributed by atoms with Gasteiger partial charge in [0.15, 0.2) is 5.78 Å². The molecule has 142 valence electrons. The summed E-state index contributed by atoms with van der Waals surface area (Å²) >= 11 is 0. The van der Waals surface area contributed by atoms with E-state index >= 15 is 0 Å². The molecule has 0 heterocycles. The van der Waals surface area contributed by atoms with Crippen LogP contribution in [0.1, 0.15) is 28.8 Å². The minimum Gasteiger partial charge on any atom is -0.467 e. The maximum Gasteiger partial charge on any atom is 0.408 e. The smallest absolute Gasteiger partial charge is 0.408 e. The van der Waals surface area contributed by atoms with Gasteiger partial charge in [0.05, 0.1) is 7.11 Å². The zero-order valence-corrected chi connectivity index (χ0v) is 15.0. The summed E-state index contributed by atoms with van der Waals surface area (Å²) < 4.78 is 9.79. The van der Waals surface area contributed by atoms with Crippen LogP contribution in [0.25, 0.3) is 0 Å². The summed E-state index contributed by atoms with van der Waals surface area (Å²) in [6.07, 6.45) is -0.575. The molecule has 0 fully saturated rings. The molecule has 7 nitrogen and oxygen atoms in total. The minimum atomic E-state index is -0.971. The van der Waals surface area contributed by atoms with E-state index < -0.39 is 18.1 Å². The van der Waals surface area contributed by atoms with Crippen molar-refractivity contribution in [3.8, 4) is 0 Å². The minimum absolute atomic E-state index is 0.0307. The van der Waals surface area contributed by atoms with E-state index in [0.717, 1.165) is 5.56 Å². The number of ether oxygens (including phenoxy) is 2. The van der Waals surface area contributed by atoms with Crippen LogP contribution in [0.15, 0.2) is 54.6 Å². The summed E-state index contributed by atoms with van der Waals surface area (Å²) in [6, 6.07) is 14.6. The second-order valence-corrected chi connectivity index (χ2v) is 5.87. The standard InChI is InChI=1S/C20H22N2O5/c1-26-19(24)17(11-12-18(23)15-5-3-2-4-6-15)22-20(25)27-13-14-7-9-16(21)10-8-14/h2-10,17H,11-13,21H2,1H3,(H,22,25). The number of Topliss-reactive ketones (excluding diaryl/α,β-unsaturated/α-hetero) is 1. The molecule has 0 saturated carbocycles. The van der Waals surface area contributed by atoms with Gasteiger partial charge in [0.25, 0.3) is 0 Å². The highest BCUT2D eigenvalue weighted by atomic mass is 16.6. The van der Waals surface area contributed by atoms with Crippen molar-refractivity contribution in [2.24, 2.45) is 0 Å². The van der Waals surface area contributed by atoms with Crippen molar-refractivity contribution in [1.29, 1.82) is 0 Å². The van der Waals surface area contributed by atoms with Crippen LogP contribution in [0.4, 0.5) is 10.5 Å². The fourth-order valence-electron chi connectivity index (χ4n) is 2.38. The summed E-state index contributed by atoms with van der Waals surface area (Å²) in [5.74, 6) is -0.762. The van der Waals surface area contributed by atoms with Crippen LogP contribution < -0.4 is 11.1 Å². The van der Waals surface area contributed by atoms with Gasteiger partial charge in [-0.15, -0.1) is 0 Å². The van der Waals surface area contributed by atoms with Gasteiger partial charge in [-0.3, -0.25) is 4.79 Å². The Bertz CT molecular complexity index is 775. The Hall–Kier alpha value is -3.35. The zero-order chi connectivity index (χ0) is 19.6. The molecule has 0 aromatic heterocycles. The van der Waals surface area contributed by atoms with E-state index in [4.69, 9.17) is 15.2 Å². The molecule has 0 bridgehead atoms. The van der Waals surface area contributed by atoms with E-state index in [1.807, 2.05) is 6.07 Å². The van der Waals surface area contributed by atoms with Crippen molar-refractivity contribution in [1.82, 2.24) is 5.32 Å². The Kier molecular flexibility index (Phi) is 7.37. The van der Waals surface area contributed by atoms with E-state index in [1.165, 1.54) is 7.11 Å². The molecule has 2 aromatic carbocycles. The third-order valence-electron chi connectivity index (χ3n) is 3.88. The first-order valence-corrected chi connectivity index (χ1v) is 8.43. The van der Waals surface area contributed by atoms with Gasteiger partial charge in [-0.05, 0) is 24.1 Å². The fourth-order valence-corrected chi connectivity index (χ4v) is 2.38. The molecular formula is C20H22N2O5. The van der Waals surface area contributed by atoms with Crippen molar-refractivity contribution < 1.29 is 23.9 Å². The molecule has 2 aromatic rings. The zero-order valence-electron chi connectivity index (χ0n) is 15.0. The molecule has 27 heavy (non-hydrogen) atoms. The Balaban J connectivity index is 1.87. The van der Waals surface area contributed by atoms with Gasteiger partial charge < -0.3 is 20.5 Å². The fraction of sp³-hybridized carbons (Fsp3) is 0.250. The number of anilines is 1. The molecule has 0 radical (unpaired) electrons. The average molecular weight is 370 g/mol. The van der Waals surface area contributed by atoms with Crippen molar-refractivity contribution in [3.05, 3.63) is 65.7 Å².